The molecule has 2 atom stereocenters. The first kappa shape index (κ1) is 15.0. The predicted octanol–water partition coefficient (Wildman–Crippen LogP) is 2.21. The van der Waals surface area contributed by atoms with Crippen molar-refractivity contribution in [1.29, 1.82) is 0 Å². The molecule has 1 aliphatic rings. The highest BCUT2D eigenvalue weighted by molar-refractivity contribution is 5.85. The van der Waals surface area contributed by atoms with Crippen LogP contribution in [0.1, 0.15) is 37.2 Å². The fourth-order valence-corrected chi connectivity index (χ4v) is 2.20. The Bertz CT molecular complexity index is 369. The number of nitrogens with two attached hydrogens (primary N) is 1. The molecule has 1 aliphatic carbocycles. The van der Waals surface area contributed by atoms with Crippen molar-refractivity contribution in [1.82, 2.24) is 5.32 Å². The summed E-state index contributed by atoms with van der Waals surface area (Å²) >= 11 is 0. The Labute approximate surface area is 115 Å². The molecule has 3 nitrogen and oxygen atoms in total. The monoisotopic (exact) mass is 268 g/mol. The molecule has 0 aliphatic heterocycles. The van der Waals surface area contributed by atoms with Crippen LogP contribution in [0.3, 0.4) is 0 Å². The largest absolute Gasteiger partial charge is 0.370 e. The molecule has 1 aromatic carbocycles. The number of carbonyl (C=O) groups excluding carboxylic acids is 1. The molecule has 100 valence electrons. The number of hydrogen-bond acceptors (Lipinski definition) is 2. The zero-order chi connectivity index (χ0) is 12.1. The van der Waals surface area contributed by atoms with Crippen LogP contribution >= 0.6 is 12.4 Å². The Morgan fingerprint density at radius 3 is 2.67 bits per heavy atom. The van der Waals surface area contributed by atoms with Gasteiger partial charge in [-0.1, -0.05) is 30.3 Å². The van der Waals surface area contributed by atoms with Crippen molar-refractivity contribution in [2.45, 2.75) is 37.6 Å². The molecule has 0 heterocycles. The van der Waals surface area contributed by atoms with Crippen LogP contribution in [0, 0.1) is 0 Å². The van der Waals surface area contributed by atoms with Gasteiger partial charge in [0.25, 0.3) is 0 Å². The molecule has 0 bridgehead atoms. The maximum atomic E-state index is 10.5. The van der Waals surface area contributed by atoms with E-state index in [0.717, 1.165) is 19.4 Å². The van der Waals surface area contributed by atoms with E-state index in [-0.39, 0.29) is 18.3 Å². The fraction of sp³-hybridized carbons (Fsp3) is 0.500. The fourth-order valence-electron chi connectivity index (χ4n) is 2.20. The summed E-state index contributed by atoms with van der Waals surface area (Å²) < 4.78 is 0. The standard InChI is InChI=1S/C14H20N2O.ClH/c15-14(17)8-4-5-9-16-13-10-12(13)11-6-2-1-3-7-11;/h1-3,6-7,12-13,16H,4-5,8-10H2,(H2,15,17);1H/t12-,13+;/m0./s1. The number of amides is 1. The number of primary amides is 1. The maximum absolute atomic E-state index is 10.5. The van der Waals surface area contributed by atoms with Gasteiger partial charge in [-0.15, -0.1) is 12.4 Å². The van der Waals surface area contributed by atoms with E-state index in [1.165, 1.54) is 12.0 Å². The van der Waals surface area contributed by atoms with Crippen molar-refractivity contribution in [3.8, 4) is 0 Å². The summed E-state index contributed by atoms with van der Waals surface area (Å²) in [6.07, 6.45) is 3.67. The first-order valence-electron chi connectivity index (χ1n) is 6.34. The zero-order valence-corrected chi connectivity index (χ0v) is 11.3. The molecule has 0 saturated heterocycles. The second-order valence-electron chi connectivity index (χ2n) is 4.74. The number of unbranched alkanes of at least 4 members (excludes halogenated alkanes) is 1. The summed E-state index contributed by atoms with van der Waals surface area (Å²) in [5.74, 6) is 0.492. The summed E-state index contributed by atoms with van der Waals surface area (Å²) in [7, 11) is 0. The van der Waals surface area contributed by atoms with Crippen molar-refractivity contribution in [3.63, 3.8) is 0 Å². The number of halogens is 1. The molecule has 0 unspecified atom stereocenters. The molecule has 2 rings (SSSR count). The van der Waals surface area contributed by atoms with Crippen molar-refractivity contribution >= 4 is 18.3 Å². The number of hydrogen-bond donors (Lipinski definition) is 2. The lowest BCUT2D eigenvalue weighted by molar-refractivity contribution is -0.118. The Balaban J connectivity index is 0.00000162. The molecule has 1 amide bonds. The summed E-state index contributed by atoms with van der Waals surface area (Å²) in [6, 6.07) is 11.3. The minimum atomic E-state index is -0.196. The van der Waals surface area contributed by atoms with Crippen LogP contribution < -0.4 is 11.1 Å². The van der Waals surface area contributed by atoms with Gasteiger partial charge in [-0.2, -0.15) is 0 Å². The minimum absolute atomic E-state index is 0. The van der Waals surface area contributed by atoms with Crippen molar-refractivity contribution < 1.29 is 4.79 Å². The zero-order valence-electron chi connectivity index (χ0n) is 10.5. The van der Waals surface area contributed by atoms with E-state index >= 15 is 0 Å². The average Bonchev–Trinajstić information content (AvgIpc) is 3.09. The van der Waals surface area contributed by atoms with Crippen LogP contribution in [0.25, 0.3) is 0 Å². The van der Waals surface area contributed by atoms with E-state index in [9.17, 15) is 4.79 Å². The Morgan fingerprint density at radius 1 is 1.28 bits per heavy atom. The van der Waals surface area contributed by atoms with Crippen LogP contribution in [0.2, 0.25) is 0 Å². The van der Waals surface area contributed by atoms with Crippen LogP contribution in [-0.2, 0) is 4.79 Å². The van der Waals surface area contributed by atoms with Gasteiger partial charge >= 0.3 is 0 Å². The number of rotatable bonds is 7. The van der Waals surface area contributed by atoms with E-state index in [1.54, 1.807) is 0 Å². The maximum Gasteiger partial charge on any atom is 0.217 e. The smallest absolute Gasteiger partial charge is 0.217 e. The van der Waals surface area contributed by atoms with Crippen LogP contribution in [0.15, 0.2) is 30.3 Å². The molecule has 0 radical (unpaired) electrons. The summed E-state index contributed by atoms with van der Waals surface area (Å²) in [5, 5.41) is 3.53. The van der Waals surface area contributed by atoms with E-state index in [0.29, 0.717) is 18.4 Å². The lowest BCUT2D eigenvalue weighted by atomic mass is 10.1. The van der Waals surface area contributed by atoms with Gasteiger partial charge in [0.15, 0.2) is 0 Å². The van der Waals surface area contributed by atoms with Gasteiger partial charge < -0.3 is 11.1 Å². The minimum Gasteiger partial charge on any atom is -0.370 e. The molecule has 0 spiro atoms. The van der Waals surface area contributed by atoms with Crippen LogP contribution in [0.4, 0.5) is 0 Å². The SMILES string of the molecule is Cl.NC(=O)CCCCN[C@@H]1C[C@H]1c1ccccc1. The molecule has 18 heavy (non-hydrogen) atoms. The second-order valence-corrected chi connectivity index (χ2v) is 4.74. The molecular formula is C14H21ClN2O. The number of carbonyl (C=O) groups is 1. The topological polar surface area (TPSA) is 55.1 Å². The lowest BCUT2D eigenvalue weighted by Gasteiger charge is -2.03. The third-order valence-electron chi connectivity index (χ3n) is 3.27. The quantitative estimate of drug-likeness (QED) is 0.745. The summed E-state index contributed by atoms with van der Waals surface area (Å²) in [6.45, 7) is 0.987. The van der Waals surface area contributed by atoms with E-state index in [2.05, 4.69) is 35.6 Å². The normalized spacial score (nSPS) is 21.1. The van der Waals surface area contributed by atoms with Crippen LogP contribution in [0.5, 0.6) is 0 Å². The first-order valence-corrected chi connectivity index (χ1v) is 6.34. The molecule has 4 heteroatoms. The van der Waals surface area contributed by atoms with Gasteiger partial charge in [-0.3, -0.25) is 4.79 Å². The Hall–Kier alpha value is -1.06. The molecule has 1 aromatic rings. The van der Waals surface area contributed by atoms with Crippen LogP contribution in [-0.4, -0.2) is 18.5 Å². The van der Waals surface area contributed by atoms with E-state index in [1.807, 2.05) is 0 Å². The predicted molar refractivity (Wildman–Crippen MR) is 75.9 cm³/mol. The Morgan fingerprint density at radius 2 is 2.00 bits per heavy atom. The first-order chi connectivity index (χ1) is 8.27. The highest BCUT2D eigenvalue weighted by atomic mass is 35.5. The van der Waals surface area contributed by atoms with Crippen molar-refractivity contribution in [3.05, 3.63) is 35.9 Å². The van der Waals surface area contributed by atoms with E-state index in [4.69, 9.17) is 5.73 Å². The van der Waals surface area contributed by atoms with Gasteiger partial charge in [0, 0.05) is 18.4 Å². The third kappa shape index (κ3) is 4.67. The summed E-state index contributed by atoms with van der Waals surface area (Å²) in [4.78, 5) is 10.5. The second kappa shape index (κ2) is 7.39. The molecule has 3 N–H and O–H groups in total. The van der Waals surface area contributed by atoms with Crippen molar-refractivity contribution in [2.75, 3.05) is 6.54 Å². The highest BCUT2D eigenvalue weighted by Gasteiger charge is 2.37. The van der Waals surface area contributed by atoms with Gasteiger partial charge in [-0.05, 0) is 31.4 Å². The lowest BCUT2D eigenvalue weighted by Crippen LogP contribution is -2.19. The van der Waals surface area contributed by atoms with Gasteiger partial charge in [0.2, 0.25) is 5.91 Å². The molecule has 0 aromatic heterocycles. The number of benzene rings is 1. The summed E-state index contributed by atoms with van der Waals surface area (Å²) in [5.41, 5.74) is 6.52. The van der Waals surface area contributed by atoms with Gasteiger partial charge in [0.1, 0.15) is 0 Å². The van der Waals surface area contributed by atoms with E-state index < -0.39 is 0 Å². The highest BCUT2D eigenvalue weighted by Crippen LogP contribution is 2.40. The molecular weight excluding hydrogens is 248 g/mol. The number of nitrogens with one attached hydrogen (secondary N) is 1. The average molecular weight is 269 g/mol. The molecule has 1 fully saturated rings. The van der Waals surface area contributed by atoms with Gasteiger partial charge in [0.05, 0.1) is 0 Å². The Kier molecular flexibility index (Phi) is 6.16. The van der Waals surface area contributed by atoms with Gasteiger partial charge in [-0.25, -0.2) is 0 Å². The third-order valence-corrected chi connectivity index (χ3v) is 3.27. The van der Waals surface area contributed by atoms with Crippen molar-refractivity contribution in [2.24, 2.45) is 5.73 Å². The molecule has 1 saturated carbocycles.